The van der Waals surface area contributed by atoms with Crippen molar-refractivity contribution in [2.45, 2.75) is 125 Å². The average Bonchev–Trinajstić information content (AvgIpc) is 3.30. The second kappa shape index (κ2) is 9.26. The van der Waals surface area contributed by atoms with Crippen LogP contribution in [0.5, 0.6) is 0 Å². The number of hydrogen-bond acceptors (Lipinski definition) is 3. The summed E-state index contributed by atoms with van der Waals surface area (Å²) in [6, 6.07) is 7.13. The molecule has 2 fully saturated rings. The van der Waals surface area contributed by atoms with Crippen molar-refractivity contribution in [2.75, 3.05) is 3.86 Å². The fraction of sp³-hybridized carbons (Fsp3) is 0.724. The molecule has 0 amide bonds. The summed E-state index contributed by atoms with van der Waals surface area (Å²) >= 11 is 0.574. The van der Waals surface area contributed by atoms with Crippen molar-refractivity contribution in [1.29, 1.82) is 0 Å². The number of hydrogen-bond donors (Lipinski definition) is 0. The van der Waals surface area contributed by atoms with E-state index in [0.717, 1.165) is 11.8 Å². The molecule has 1 saturated carbocycles. The van der Waals surface area contributed by atoms with Gasteiger partial charge in [0, 0.05) is 0 Å². The van der Waals surface area contributed by atoms with Gasteiger partial charge in [0.15, 0.2) is 0 Å². The molecule has 6 heteroatoms. The number of rotatable bonds is 5. The van der Waals surface area contributed by atoms with E-state index in [1.807, 2.05) is 5.31 Å². The molecule has 4 rings (SSSR count). The van der Waals surface area contributed by atoms with Gasteiger partial charge in [-0.3, -0.25) is 0 Å². The first-order valence-electron chi connectivity index (χ1n) is 14.1. The Labute approximate surface area is 227 Å². The van der Waals surface area contributed by atoms with Gasteiger partial charge in [0.1, 0.15) is 0 Å². The van der Waals surface area contributed by atoms with E-state index in [2.05, 4.69) is 113 Å². The Morgan fingerprint density at radius 1 is 0.886 bits per heavy atom. The molecule has 2 atom stereocenters. The van der Waals surface area contributed by atoms with E-state index in [-0.39, 0.29) is 11.1 Å². The number of anilines is 1. The van der Waals surface area contributed by atoms with Crippen LogP contribution in [0.1, 0.15) is 111 Å². The number of nitrogens with zero attached hydrogens (tertiary/aromatic N) is 3. The predicted octanol–water partition coefficient (Wildman–Crippen LogP) is 7.62. The van der Waals surface area contributed by atoms with Crippen molar-refractivity contribution in [1.82, 2.24) is 8.67 Å². The van der Waals surface area contributed by atoms with Crippen molar-refractivity contribution in [3.05, 3.63) is 40.3 Å². The Bertz CT molecular complexity index is 954. The molecule has 2 bridgehead atoms. The van der Waals surface area contributed by atoms with Gasteiger partial charge < -0.3 is 0 Å². The van der Waals surface area contributed by atoms with E-state index in [0.29, 0.717) is 28.6 Å². The molecular weight excluding hydrogens is 522 g/mol. The summed E-state index contributed by atoms with van der Waals surface area (Å²) in [6.07, 6.45) is 4.22. The first kappa shape index (κ1) is 27.9. The normalized spacial score (nSPS) is 25.9. The monoisotopic (exact) mass is 576 g/mol. The molecule has 35 heavy (non-hydrogen) atoms. The Kier molecular flexibility index (Phi) is 7.38. The van der Waals surface area contributed by atoms with Gasteiger partial charge in [-0.05, 0) is 0 Å². The minimum atomic E-state index is -1.67. The van der Waals surface area contributed by atoms with Gasteiger partial charge in [-0.1, -0.05) is 0 Å². The van der Waals surface area contributed by atoms with Crippen LogP contribution < -0.4 is 3.86 Å². The number of fused-ring (bicyclic) bond motifs is 2. The summed E-state index contributed by atoms with van der Waals surface area (Å²) < 4.78 is 9.04. The van der Waals surface area contributed by atoms with Crippen LogP contribution in [0.3, 0.4) is 0 Å². The van der Waals surface area contributed by atoms with Crippen molar-refractivity contribution >= 4 is 39.0 Å². The van der Waals surface area contributed by atoms with Gasteiger partial charge in [0.25, 0.3) is 0 Å². The third-order valence-electron chi connectivity index (χ3n) is 8.64. The van der Waals surface area contributed by atoms with Gasteiger partial charge in [-0.2, -0.15) is 0 Å². The summed E-state index contributed by atoms with van der Waals surface area (Å²) in [5.74, 6) is 2.69. The van der Waals surface area contributed by atoms with Crippen LogP contribution >= 0.6 is 8.22 Å². The quantitative estimate of drug-likeness (QED) is 0.264. The Hall–Kier alpha value is -0.130. The van der Waals surface area contributed by atoms with E-state index >= 15 is 0 Å². The Morgan fingerprint density at radius 2 is 1.34 bits per heavy atom. The molecule has 3 aliphatic rings. The van der Waals surface area contributed by atoms with E-state index < -0.39 is 16.6 Å². The molecule has 1 aromatic carbocycles. The Morgan fingerprint density at radius 3 is 1.77 bits per heavy atom. The van der Waals surface area contributed by atoms with Crippen molar-refractivity contribution < 1.29 is 0 Å². The molecule has 0 N–H and O–H groups in total. The van der Waals surface area contributed by atoms with Gasteiger partial charge in [-0.15, -0.1) is 0 Å². The predicted molar refractivity (Wildman–Crippen MR) is 164 cm³/mol. The van der Waals surface area contributed by atoms with Crippen LogP contribution in [0.2, 0.25) is 13.1 Å². The van der Waals surface area contributed by atoms with Gasteiger partial charge >= 0.3 is 228 Å². The zero-order chi connectivity index (χ0) is 26.2. The summed E-state index contributed by atoms with van der Waals surface area (Å²) in [7, 11) is -2.59. The summed E-state index contributed by atoms with van der Waals surface area (Å²) in [6.45, 7) is 29.6. The molecule has 197 valence electrons. The minimum absolute atomic E-state index is 0.227. The van der Waals surface area contributed by atoms with E-state index in [4.69, 9.17) is 0 Å². The van der Waals surface area contributed by atoms with Crippen molar-refractivity contribution in [2.24, 2.45) is 11.8 Å². The van der Waals surface area contributed by atoms with Crippen LogP contribution in [0.15, 0.2) is 29.2 Å². The molecule has 3 nitrogen and oxygen atoms in total. The summed E-state index contributed by atoms with van der Waals surface area (Å²) in [4.78, 5) is 0. The zero-order valence-electron chi connectivity index (χ0n) is 25.0. The van der Waals surface area contributed by atoms with Crippen LogP contribution in [0.25, 0.3) is 0 Å². The van der Waals surface area contributed by atoms with E-state index in [1.54, 1.807) is 22.5 Å². The molecular formula is C29H53GeN3PSi. The molecule has 0 radical (unpaired) electrons. The third kappa shape index (κ3) is 4.56. The van der Waals surface area contributed by atoms with E-state index in [9.17, 15) is 0 Å². The standard InChI is InChI=1S/C29H52GeN3PSi/c1-19(2)23-14-13-15-24(20(3)4)26(23)31(30)25-21-16-17-22(18-21)27(25)34-32(28(5,6)7)35(11,12)33(34)29(8,9)10/h13-15,19-22H,16-18H2,1-12,30H3/q-1/p+1. The number of allylic oxidation sites excluding steroid dienone is 2. The SMILES string of the molecule is CC(C)c1cccc(C(C)C)c1[N]([GeH3-])C1=C([PH+]2N(C(C)(C)C)[Si](C)(C)N2C(C)(C)C)C2CCC1C2. The second-order valence-corrected chi connectivity index (χ2v) is 23.2. The molecule has 1 aromatic rings. The Balaban J connectivity index is 1.93. The van der Waals surface area contributed by atoms with Crippen LogP contribution in [0.4, 0.5) is 5.69 Å². The third-order valence-corrected chi connectivity index (χ3v) is 22.0. The zero-order valence-corrected chi connectivity index (χ0v) is 31.2. The van der Waals surface area contributed by atoms with Crippen LogP contribution in [-0.4, -0.2) is 44.9 Å². The van der Waals surface area contributed by atoms with Gasteiger partial charge in [-0.25, -0.2) is 0 Å². The van der Waals surface area contributed by atoms with Crippen molar-refractivity contribution in [3.8, 4) is 0 Å². The second-order valence-electron chi connectivity index (χ2n) is 14.5. The van der Waals surface area contributed by atoms with Crippen LogP contribution in [-0.2, 0) is 0 Å². The molecule has 1 saturated heterocycles. The van der Waals surface area contributed by atoms with Crippen LogP contribution in [0, 0.1) is 11.8 Å². The summed E-state index contributed by atoms with van der Waals surface area (Å²) in [5.41, 5.74) is 6.94. The molecule has 0 aromatic heterocycles. The molecule has 1 aliphatic heterocycles. The molecule has 1 heterocycles. The maximum absolute atomic E-state index is 3.07. The summed E-state index contributed by atoms with van der Waals surface area (Å²) in [5, 5.41) is 1.91. The molecule has 2 unspecified atom stereocenters. The maximum atomic E-state index is 3.07. The molecule has 2 aliphatic carbocycles. The fourth-order valence-corrected chi connectivity index (χ4v) is 22.8. The van der Waals surface area contributed by atoms with Gasteiger partial charge in [0.05, 0.1) is 0 Å². The number of para-hydroxylation sites is 1. The molecule has 0 spiro atoms. The van der Waals surface area contributed by atoms with Gasteiger partial charge in [0.2, 0.25) is 0 Å². The fourth-order valence-electron chi connectivity index (χ4n) is 7.88. The van der Waals surface area contributed by atoms with Crippen molar-refractivity contribution in [3.63, 3.8) is 0 Å². The first-order chi connectivity index (χ1) is 16.0. The van der Waals surface area contributed by atoms with E-state index in [1.165, 1.54) is 19.3 Å². The number of benzene rings is 1. The first-order valence-corrected chi connectivity index (χ1v) is 20.2. The average molecular weight is 575 g/mol. The topological polar surface area (TPSA) is 9.72 Å².